The average molecular weight is 319 g/mol. The van der Waals surface area contributed by atoms with Crippen molar-refractivity contribution in [3.8, 4) is 33.9 Å². The van der Waals surface area contributed by atoms with E-state index in [2.05, 4.69) is 25.1 Å². The fourth-order valence-electron chi connectivity index (χ4n) is 3.10. The molecule has 122 valence electrons. The summed E-state index contributed by atoms with van der Waals surface area (Å²) in [5.41, 5.74) is 6.26. The van der Waals surface area contributed by atoms with Crippen LogP contribution in [0.4, 0.5) is 0 Å². The Balaban J connectivity index is 2.20. The Bertz CT molecular complexity index is 812. The van der Waals surface area contributed by atoms with Crippen LogP contribution >= 0.6 is 0 Å². The number of nitrogens with zero attached hydrogens (tertiary/aromatic N) is 1. The van der Waals surface area contributed by atoms with Gasteiger partial charge in [-0.3, -0.25) is 4.98 Å². The molecule has 0 amide bonds. The third-order valence-electron chi connectivity index (χ3n) is 4.14. The lowest BCUT2D eigenvalue weighted by molar-refractivity contribution is 0.397. The summed E-state index contributed by atoms with van der Waals surface area (Å²) in [6, 6.07) is 18.2. The van der Waals surface area contributed by atoms with E-state index in [-0.39, 0.29) is 0 Å². The zero-order chi connectivity index (χ0) is 17.1. The van der Waals surface area contributed by atoms with Crippen molar-refractivity contribution in [2.24, 2.45) is 0 Å². The van der Waals surface area contributed by atoms with Gasteiger partial charge in [-0.1, -0.05) is 36.4 Å². The lowest BCUT2D eigenvalue weighted by Gasteiger charge is -2.16. The van der Waals surface area contributed by atoms with Crippen molar-refractivity contribution in [3.63, 3.8) is 0 Å². The monoisotopic (exact) mass is 319 g/mol. The highest BCUT2D eigenvalue weighted by Crippen LogP contribution is 2.39. The minimum absolute atomic E-state index is 0.758. The van der Waals surface area contributed by atoms with Gasteiger partial charge in [0.15, 0.2) is 0 Å². The number of aromatic nitrogens is 1. The second-order valence-corrected chi connectivity index (χ2v) is 5.69. The lowest BCUT2D eigenvalue weighted by atomic mass is 9.97. The van der Waals surface area contributed by atoms with Crippen LogP contribution in [0.15, 0.2) is 54.6 Å². The molecule has 0 saturated heterocycles. The van der Waals surface area contributed by atoms with Crippen LogP contribution < -0.4 is 9.47 Å². The second kappa shape index (κ2) is 6.75. The predicted molar refractivity (Wildman–Crippen MR) is 97.7 cm³/mol. The molecule has 3 rings (SSSR count). The first kappa shape index (κ1) is 16.1. The number of rotatable bonds is 4. The number of ether oxygens (including phenoxy) is 2. The molecule has 0 bridgehead atoms. The molecule has 3 nitrogen and oxygen atoms in total. The Hall–Kier alpha value is -2.81. The van der Waals surface area contributed by atoms with Gasteiger partial charge in [0.2, 0.25) is 0 Å². The smallest absolute Gasteiger partial charge is 0.132 e. The molecule has 0 radical (unpaired) electrons. The van der Waals surface area contributed by atoms with Crippen LogP contribution in [-0.4, -0.2) is 19.2 Å². The van der Waals surface area contributed by atoms with Crippen LogP contribution in [0.3, 0.4) is 0 Å². The number of hydrogen-bond donors (Lipinski definition) is 0. The van der Waals surface area contributed by atoms with Crippen LogP contribution in [0.1, 0.15) is 11.3 Å². The number of pyridine rings is 1. The topological polar surface area (TPSA) is 31.4 Å². The van der Waals surface area contributed by atoms with Crippen LogP contribution in [0.25, 0.3) is 22.4 Å². The van der Waals surface area contributed by atoms with Gasteiger partial charge in [-0.25, -0.2) is 0 Å². The molecule has 0 fully saturated rings. The lowest BCUT2D eigenvalue weighted by Crippen LogP contribution is -1.98. The summed E-state index contributed by atoms with van der Waals surface area (Å²) in [7, 11) is 3.33. The van der Waals surface area contributed by atoms with E-state index in [1.165, 1.54) is 16.7 Å². The molecular weight excluding hydrogens is 298 g/mol. The average Bonchev–Trinajstić information content (AvgIpc) is 2.61. The zero-order valence-electron chi connectivity index (χ0n) is 14.5. The first-order valence-electron chi connectivity index (χ1n) is 7.90. The third-order valence-corrected chi connectivity index (χ3v) is 4.14. The number of aryl methyl sites for hydroxylation is 2. The molecule has 1 heterocycles. The fourth-order valence-corrected chi connectivity index (χ4v) is 3.10. The molecule has 24 heavy (non-hydrogen) atoms. The van der Waals surface area contributed by atoms with Gasteiger partial charge in [0.05, 0.1) is 25.5 Å². The molecule has 0 N–H and O–H groups in total. The standard InChI is InChI=1S/C21H21NO2/c1-14-13-17(21-18(23-3)11-8-12-19(21)24-4)22-15(2)20(14)16-9-6-5-7-10-16/h5-13H,1-4H3. The van der Waals surface area contributed by atoms with Crippen LogP contribution in [-0.2, 0) is 0 Å². The van der Waals surface area contributed by atoms with E-state index in [9.17, 15) is 0 Å². The minimum atomic E-state index is 0.758. The van der Waals surface area contributed by atoms with Gasteiger partial charge in [0, 0.05) is 11.3 Å². The molecule has 0 aliphatic carbocycles. The molecule has 0 spiro atoms. The van der Waals surface area contributed by atoms with Crippen LogP contribution in [0, 0.1) is 13.8 Å². The highest BCUT2D eigenvalue weighted by Gasteiger charge is 2.16. The van der Waals surface area contributed by atoms with Crippen molar-refractivity contribution in [1.82, 2.24) is 4.98 Å². The highest BCUT2D eigenvalue weighted by atomic mass is 16.5. The Labute approximate surface area is 142 Å². The Kier molecular flexibility index (Phi) is 4.52. The van der Waals surface area contributed by atoms with Gasteiger partial charge in [-0.15, -0.1) is 0 Å². The maximum Gasteiger partial charge on any atom is 0.132 e. The molecule has 0 aliphatic heterocycles. The van der Waals surface area contributed by atoms with E-state index < -0.39 is 0 Å². The van der Waals surface area contributed by atoms with E-state index in [1.54, 1.807) is 14.2 Å². The summed E-state index contributed by atoms with van der Waals surface area (Å²) in [6.07, 6.45) is 0. The molecule has 0 atom stereocenters. The van der Waals surface area contributed by atoms with E-state index >= 15 is 0 Å². The summed E-state index contributed by atoms with van der Waals surface area (Å²) in [4.78, 5) is 4.84. The molecule has 3 heteroatoms. The maximum absolute atomic E-state index is 5.52. The SMILES string of the molecule is COc1cccc(OC)c1-c1cc(C)c(-c2ccccc2)c(C)n1. The Morgan fingerprint density at radius 1 is 0.750 bits per heavy atom. The van der Waals surface area contributed by atoms with Crippen LogP contribution in [0.2, 0.25) is 0 Å². The number of hydrogen-bond acceptors (Lipinski definition) is 3. The van der Waals surface area contributed by atoms with Crippen molar-refractivity contribution in [2.75, 3.05) is 14.2 Å². The van der Waals surface area contributed by atoms with Gasteiger partial charge in [-0.05, 0) is 43.2 Å². The van der Waals surface area contributed by atoms with Crippen molar-refractivity contribution < 1.29 is 9.47 Å². The van der Waals surface area contributed by atoms with Gasteiger partial charge in [-0.2, -0.15) is 0 Å². The van der Waals surface area contributed by atoms with E-state index in [4.69, 9.17) is 14.5 Å². The van der Waals surface area contributed by atoms with Crippen molar-refractivity contribution in [2.45, 2.75) is 13.8 Å². The molecule has 0 saturated carbocycles. The van der Waals surface area contributed by atoms with Gasteiger partial charge in [0.25, 0.3) is 0 Å². The van der Waals surface area contributed by atoms with E-state index in [0.717, 1.165) is 28.5 Å². The van der Waals surface area contributed by atoms with Crippen LogP contribution in [0.5, 0.6) is 11.5 Å². The predicted octanol–water partition coefficient (Wildman–Crippen LogP) is 5.05. The molecule has 0 aliphatic rings. The minimum Gasteiger partial charge on any atom is -0.496 e. The summed E-state index contributed by atoms with van der Waals surface area (Å²) in [5, 5.41) is 0. The largest absolute Gasteiger partial charge is 0.496 e. The molecular formula is C21H21NO2. The molecule has 3 aromatic rings. The molecule has 1 aromatic heterocycles. The van der Waals surface area contributed by atoms with Gasteiger partial charge < -0.3 is 9.47 Å². The van der Waals surface area contributed by atoms with Gasteiger partial charge >= 0.3 is 0 Å². The normalized spacial score (nSPS) is 10.5. The third kappa shape index (κ3) is 2.85. The quantitative estimate of drug-likeness (QED) is 0.674. The Morgan fingerprint density at radius 2 is 1.38 bits per heavy atom. The second-order valence-electron chi connectivity index (χ2n) is 5.69. The molecule has 2 aromatic carbocycles. The Morgan fingerprint density at radius 3 is 1.92 bits per heavy atom. The number of benzene rings is 2. The summed E-state index contributed by atoms with van der Waals surface area (Å²) < 4.78 is 11.0. The van der Waals surface area contributed by atoms with Gasteiger partial charge in [0.1, 0.15) is 11.5 Å². The molecule has 0 unspecified atom stereocenters. The van der Waals surface area contributed by atoms with Crippen molar-refractivity contribution in [3.05, 3.63) is 65.9 Å². The zero-order valence-corrected chi connectivity index (χ0v) is 14.5. The van der Waals surface area contributed by atoms with E-state index in [1.807, 2.05) is 43.3 Å². The summed E-state index contributed by atoms with van der Waals surface area (Å²) in [5.74, 6) is 1.52. The maximum atomic E-state index is 5.52. The first-order valence-corrected chi connectivity index (χ1v) is 7.90. The first-order chi connectivity index (χ1) is 11.7. The van der Waals surface area contributed by atoms with Crippen molar-refractivity contribution in [1.29, 1.82) is 0 Å². The number of methoxy groups -OCH3 is 2. The summed E-state index contributed by atoms with van der Waals surface area (Å²) in [6.45, 7) is 4.16. The van der Waals surface area contributed by atoms with Crippen molar-refractivity contribution >= 4 is 0 Å². The fraction of sp³-hybridized carbons (Fsp3) is 0.190. The summed E-state index contributed by atoms with van der Waals surface area (Å²) >= 11 is 0. The van der Waals surface area contributed by atoms with E-state index in [0.29, 0.717) is 0 Å². The highest BCUT2D eigenvalue weighted by molar-refractivity contribution is 5.78.